The Balaban J connectivity index is 1.56. The van der Waals surface area contributed by atoms with E-state index in [1.807, 2.05) is 13.0 Å². The van der Waals surface area contributed by atoms with Crippen molar-refractivity contribution in [2.24, 2.45) is 0 Å². The molecule has 10 heteroatoms. The third-order valence-corrected chi connectivity index (χ3v) is 9.28. The number of carbonyl (C=O) groups is 1. The summed E-state index contributed by atoms with van der Waals surface area (Å²) in [6.45, 7) is 5.44. The summed E-state index contributed by atoms with van der Waals surface area (Å²) in [4.78, 5) is 11.6. The molecule has 0 spiro atoms. The smallest absolute Gasteiger partial charge is 0.262 e. The van der Waals surface area contributed by atoms with Crippen molar-refractivity contribution in [2.75, 3.05) is 16.6 Å². The fourth-order valence-corrected chi connectivity index (χ4v) is 6.80. The average molecular weight is 514 g/mol. The topological polar surface area (TPSA) is 113 Å². The summed E-state index contributed by atoms with van der Waals surface area (Å²) < 4.78 is 56.4. The Hall–Kier alpha value is -3.21. The van der Waals surface area contributed by atoms with Gasteiger partial charge in [0.2, 0.25) is 15.9 Å². The van der Waals surface area contributed by atoms with E-state index >= 15 is 0 Å². The molecule has 184 valence electrons. The van der Waals surface area contributed by atoms with Gasteiger partial charge in [0.15, 0.2) is 0 Å². The van der Waals surface area contributed by atoms with E-state index in [1.54, 1.807) is 49.4 Å². The number of anilines is 2. The van der Waals surface area contributed by atoms with Gasteiger partial charge >= 0.3 is 0 Å². The number of benzene rings is 3. The lowest BCUT2D eigenvalue weighted by molar-refractivity contribution is -0.114. The molecule has 0 bridgehead atoms. The van der Waals surface area contributed by atoms with Gasteiger partial charge in [0.1, 0.15) is 0 Å². The van der Waals surface area contributed by atoms with Crippen LogP contribution in [-0.4, -0.2) is 33.6 Å². The van der Waals surface area contributed by atoms with Gasteiger partial charge in [0.25, 0.3) is 10.0 Å². The van der Waals surface area contributed by atoms with E-state index in [2.05, 4.69) is 10.0 Å². The zero-order valence-electron chi connectivity index (χ0n) is 19.7. The van der Waals surface area contributed by atoms with Crippen molar-refractivity contribution in [2.45, 2.75) is 43.5 Å². The molecule has 0 aliphatic carbocycles. The number of hydrogen-bond donors (Lipinski definition) is 2. The van der Waals surface area contributed by atoms with Crippen LogP contribution in [-0.2, 0) is 37.8 Å². The van der Waals surface area contributed by atoms with Gasteiger partial charge in [-0.15, -0.1) is 0 Å². The van der Waals surface area contributed by atoms with Gasteiger partial charge in [-0.05, 0) is 79.4 Å². The van der Waals surface area contributed by atoms with E-state index in [1.165, 1.54) is 23.4 Å². The lowest BCUT2D eigenvalue weighted by Gasteiger charge is -2.28. The molecule has 0 fully saturated rings. The molecule has 0 saturated carbocycles. The fraction of sp³-hybridized carbons (Fsp3) is 0.240. The Bertz CT molecular complexity index is 1500. The molecule has 0 atom stereocenters. The maximum Gasteiger partial charge on any atom is 0.262 e. The molecule has 1 aliphatic heterocycles. The van der Waals surface area contributed by atoms with Crippen molar-refractivity contribution < 1.29 is 21.6 Å². The molecule has 3 aromatic carbocycles. The minimum atomic E-state index is -3.90. The van der Waals surface area contributed by atoms with Crippen molar-refractivity contribution in [3.8, 4) is 0 Å². The van der Waals surface area contributed by atoms with Crippen molar-refractivity contribution in [3.05, 3.63) is 82.9 Å². The number of hydrogen-bond acceptors (Lipinski definition) is 5. The zero-order chi connectivity index (χ0) is 25.4. The van der Waals surface area contributed by atoms with Crippen LogP contribution in [0.15, 0.2) is 70.5 Å². The van der Waals surface area contributed by atoms with Crippen molar-refractivity contribution >= 4 is 37.3 Å². The van der Waals surface area contributed by atoms with Gasteiger partial charge in [-0.1, -0.05) is 23.8 Å². The highest BCUT2D eigenvalue weighted by Crippen LogP contribution is 2.29. The van der Waals surface area contributed by atoms with Crippen LogP contribution in [0.3, 0.4) is 0 Å². The largest absolute Gasteiger partial charge is 0.326 e. The summed E-state index contributed by atoms with van der Waals surface area (Å²) in [5, 5.41) is 2.63. The van der Waals surface area contributed by atoms with E-state index in [4.69, 9.17) is 0 Å². The van der Waals surface area contributed by atoms with Crippen LogP contribution in [0.1, 0.15) is 29.2 Å². The molecule has 1 amide bonds. The van der Waals surface area contributed by atoms with Crippen LogP contribution in [0.5, 0.6) is 0 Å². The molecule has 3 aromatic rings. The highest BCUT2D eigenvalue weighted by atomic mass is 32.2. The summed E-state index contributed by atoms with van der Waals surface area (Å²) >= 11 is 0. The monoisotopic (exact) mass is 513 g/mol. The first kappa shape index (κ1) is 24.9. The molecule has 35 heavy (non-hydrogen) atoms. The molecule has 0 saturated heterocycles. The third kappa shape index (κ3) is 5.39. The molecule has 1 heterocycles. The second-order valence-corrected chi connectivity index (χ2v) is 12.2. The zero-order valence-corrected chi connectivity index (χ0v) is 21.3. The van der Waals surface area contributed by atoms with Crippen molar-refractivity contribution in [1.29, 1.82) is 0 Å². The van der Waals surface area contributed by atoms with Gasteiger partial charge in [-0.25, -0.2) is 16.8 Å². The third-order valence-electron chi connectivity index (χ3n) is 5.88. The van der Waals surface area contributed by atoms with E-state index in [-0.39, 0.29) is 22.2 Å². The normalized spacial score (nSPS) is 14.3. The number of carbonyl (C=O) groups excluding carboxylic acids is 1. The standard InChI is InChI=1S/C25H27N3O5S2/c1-17-4-9-24(10-5-17)35(32,33)28-13-12-20-6-7-23(15-21(20)16-28)27-34(30,31)25-11-8-22(14-18(25)2)26-19(3)29/h4-11,14-15,27H,12-13,16H2,1-3H3,(H,26,29). The highest BCUT2D eigenvalue weighted by molar-refractivity contribution is 7.92. The molecular formula is C25H27N3O5S2. The lowest BCUT2D eigenvalue weighted by Crippen LogP contribution is -2.36. The predicted octanol–water partition coefficient (Wildman–Crippen LogP) is 3.81. The van der Waals surface area contributed by atoms with Gasteiger partial charge in [-0.2, -0.15) is 4.31 Å². The number of nitrogens with one attached hydrogen (secondary N) is 2. The predicted molar refractivity (Wildman–Crippen MR) is 135 cm³/mol. The van der Waals surface area contributed by atoms with Crippen LogP contribution < -0.4 is 10.0 Å². The Morgan fingerprint density at radius 3 is 2.20 bits per heavy atom. The number of sulfonamides is 2. The number of nitrogens with zero attached hydrogens (tertiary/aromatic N) is 1. The average Bonchev–Trinajstić information content (AvgIpc) is 2.78. The molecular weight excluding hydrogens is 486 g/mol. The number of aryl methyl sites for hydroxylation is 2. The molecule has 0 radical (unpaired) electrons. The van der Waals surface area contributed by atoms with E-state index < -0.39 is 20.0 Å². The van der Waals surface area contributed by atoms with Crippen LogP contribution in [0.2, 0.25) is 0 Å². The van der Waals surface area contributed by atoms with Crippen molar-refractivity contribution in [3.63, 3.8) is 0 Å². The lowest BCUT2D eigenvalue weighted by atomic mass is 10.0. The first-order valence-electron chi connectivity index (χ1n) is 11.1. The number of amides is 1. The summed E-state index contributed by atoms with van der Waals surface area (Å²) in [7, 11) is -7.57. The van der Waals surface area contributed by atoms with Gasteiger partial charge in [-0.3, -0.25) is 9.52 Å². The van der Waals surface area contributed by atoms with Crippen LogP contribution in [0.4, 0.5) is 11.4 Å². The van der Waals surface area contributed by atoms with E-state index in [0.717, 1.165) is 16.7 Å². The summed E-state index contributed by atoms with van der Waals surface area (Å²) in [5.74, 6) is -0.245. The minimum Gasteiger partial charge on any atom is -0.326 e. The Labute approximate surface area is 206 Å². The minimum absolute atomic E-state index is 0.0906. The second-order valence-electron chi connectivity index (χ2n) is 8.65. The fourth-order valence-electron chi connectivity index (χ4n) is 4.10. The maximum absolute atomic E-state index is 13.1. The molecule has 2 N–H and O–H groups in total. The second kappa shape index (κ2) is 9.44. The SMILES string of the molecule is CC(=O)Nc1ccc(S(=O)(=O)Nc2ccc3c(c2)CN(S(=O)(=O)c2ccc(C)cc2)CC3)c(C)c1. The van der Waals surface area contributed by atoms with E-state index in [0.29, 0.717) is 29.9 Å². The van der Waals surface area contributed by atoms with Gasteiger partial charge in [0.05, 0.1) is 9.79 Å². The molecule has 8 nitrogen and oxygen atoms in total. The summed E-state index contributed by atoms with van der Waals surface area (Å²) in [5.41, 5.74) is 4.06. The maximum atomic E-state index is 13.1. The summed E-state index contributed by atoms with van der Waals surface area (Å²) in [6.07, 6.45) is 0.539. The quantitative estimate of drug-likeness (QED) is 0.521. The van der Waals surface area contributed by atoms with Crippen molar-refractivity contribution in [1.82, 2.24) is 4.31 Å². The number of fused-ring (bicyclic) bond motifs is 1. The molecule has 0 aromatic heterocycles. The Morgan fingerprint density at radius 1 is 0.857 bits per heavy atom. The Morgan fingerprint density at radius 2 is 1.54 bits per heavy atom. The van der Waals surface area contributed by atoms with Gasteiger partial charge in [0, 0.05) is 31.4 Å². The van der Waals surface area contributed by atoms with Gasteiger partial charge < -0.3 is 5.32 Å². The highest BCUT2D eigenvalue weighted by Gasteiger charge is 2.28. The first-order chi connectivity index (χ1) is 16.5. The van der Waals surface area contributed by atoms with E-state index in [9.17, 15) is 21.6 Å². The first-order valence-corrected chi connectivity index (χ1v) is 14.0. The molecule has 4 rings (SSSR count). The number of rotatable bonds is 6. The van der Waals surface area contributed by atoms with Crippen LogP contribution >= 0.6 is 0 Å². The summed E-state index contributed by atoms with van der Waals surface area (Å²) in [6, 6.07) is 16.5. The Kier molecular flexibility index (Phi) is 6.72. The van der Waals surface area contributed by atoms with Crippen LogP contribution in [0.25, 0.3) is 0 Å². The molecule has 1 aliphatic rings. The molecule has 0 unspecified atom stereocenters. The van der Waals surface area contributed by atoms with Crippen LogP contribution in [0, 0.1) is 13.8 Å².